The van der Waals surface area contributed by atoms with Crippen LogP contribution in [0, 0.1) is 9.39 Å². The van der Waals surface area contributed by atoms with E-state index in [1.165, 1.54) is 0 Å². The first kappa shape index (κ1) is 31.4. The summed E-state index contributed by atoms with van der Waals surface area (Å²) in [5.41, 5.74) is 2.73. The fraction of sp³-hybridized carbons (Fsp3) is 0.387. The molecular weight excluding hydrogens is 665 g/mol. The first-order valence-electron chi connectivity index (χ1n) is 14.1. The minimum absolute atomic E-state index is 0.0119. The second kappa shape index (κ2) is 12.5. The number of halogens is 2. The number of carbonyl (C=O) groups is 1. The van der Waals surface area contributed by atoms with Crippen molar-refractivity contribution in [2.75, 3.05) is 0 Å². The van der Waals surface area contributed by atoms with Gasteiger partial charge in [-0.05, 0) is 86.4 Å². The Hall–Kier alpha value is -3.07. The number of rotatable bonds is 10. The van der Waals surface area contributed by atoms with Crippen LogP contribution in [-0.2, 0) is 45.5 Å². The lowest BCUT2D eigenvalue weighted by atomic mass is 9.76. The van der Waals surface area contributed by atoms with E-state index < -0.39 is 30.5 Å². The van der Waals surface area contributed by atoms with Crippen LogP contribution < -0.4 is 15.5 Å². The summed E-state index contributed by atoms with van der Waals surface area (Å²) in [6.45, 7) is 10.2. The highest BCUT2D eigenvalue weighted by atomic mass is 127. The van der Waals surface area contributed by atoms with Crippen molar-refractivity contribution in [3.8, 4) is 5.75 Å². The Kier molecular flexibility index (Phi) is 9.12. The monoisotopic (exact) mass is 700 g/mol. The molecule has 226 valence electrons. The largest absolute Gasteiger partial charge is 0.495 e. The molecule has 1 fully saturated rings. The number of carbonyl (C=O) groups excluding carboxylic acids is 1. The number of hydrogen-bond donors (Lipinski definition) is 1. The van der Waals surface area contributed by atoms with Crippen molar-refractivity contribution in [1.29, 1.82) is 0 Å². The summed E-state index contributed by atoms with van der Waals surface area (Å²) in [5, 5.41) is 8.40. The third-order valence-corrected chi connectivity index (χ3v) is 8.78. The van der Waals surface area contributed by atoms with E-state index in [1.807, 2.05) is 105 Å². The average Bonchev–Trinajstić information content (AvgIpc) is 3.42. The van der Waals surface area contributed by atoms with Gasteiger partial charge in [0.2, 0.25) is 0 Å². The predicted octanol–water partition coefficient (Wildman–Crippen LogP) is 4.81. The Morgan fingerprint density at radius 3 is 2.63 bits per heavy atom. The van der Waals surface area contributed by atoms with Crippen molar-refractivity contribution in [3.63, 3.8) is 0 Å². The minimum atomic E-state index is -0.640. The van der Waals surface area contributed by atoms with Crippen molar-refractivity contribution in [3.05, 3.63) is 81.1 Å². The highest BCUT2D eigenvalue weighted by Gasteiger charge is 2.52. The van der Waals surface area contributed by atoms with E-state index in [0.29, 0.717) is 14.9 Å². The fourth-order valence-electron chi connectivity index (χ4n) is 4.80. The maximum Gasteiger partial charge on any atom is 0.495 e. The minimum Gasteiger partial charge on any atom is -0.489 e. The lowest BCUT2D eigenvalue weighted by molar-refractivity contribution is -0.149. The molecule has 2 aromatic carbocycles. The van der Waals surface area contributed by atoms with Crippen LogP contribution in [0.1, 0.15) is 51.4 Å². The molecule has 0 radical (unpaired) electrons. The fourth-order valence-corrected chi connectivity index (χ4v) is 5.27. The number of aromatic nitrogens is 3. The third kappa shape index (κ3) is 6.87. The van der Waals surface area contributed by atoms with Crippen molar-refractivity contribution >= 4 is 52.0 Å². The Morgan fingerprint density at radius 2 is 1.88 bits per heavy atom. The smallest absolute Gasteiger partial charge is 0.489 e. The molecule has 0 amide bonds. The summed E-state index contributed by atoms with van der Waals surface area (Å²) < 4.78 is 41.0. The van der Waals surface area contributed by atoms with Gasteiger partial charge in [0.25, 0.3) is 0 Å². The van der Waals surface area contributed by atoms with E-state index in [0.717, 1.165) is 21.9 Å². The second-order valence-electron chi connectivity index (χ2n) is 11.6. The van der Waals surface area contributed by atoms with Crippen LogP contribution in [0.2, 0.25) is 0 Å². The molecule has 1 unspecified atom stereocenters. The number of pyridine rings is 1. The number of nitrogens with one attached hydrogen (secondary N) is 1. The maximum absolute atomic E-state index is 14.2. The van der Waals surface area contributed by atoms with Crippen LogP contribution >= 0.6 is 22.6 Å². The number of benzene rings is 2. The molecule has 1 aliphatic rings. The summed E-state index contributed by atoms with van der Waals surface area (Å²) in [6.07, 6.45) is 2.74. The SMILES string of the molecule is CC(NCc1nccc(I)c1F)OC(=O)Cc1ccccc1OCc1cc(B2OC(C)(C)C(C)(C)O2)c2cnn(C)c2c1. The van der Waals surface area contributed by atoms with E-state index in [4.69, 9.17) is 18.8 Å². The standard InChI is InChI=1S/C31H35BFIN4O5/c1-19(36-17-25-29(33)24(34)11-12-35-25)41-28(39)15-21-9-7-8-10-27(21)40-18-20-13-23(22-16-37-38(6)26(22)14-20)32-42-30(2,3)31(4,5)43-32/h7-14,16,19,36H,15,17-18H2,1-6H3. The zero-order valence-electron chi connectivity index (χ0n) is 25.1. The molecule has 43 heavy (non-hydrogen) atoms. The van der Waals surface area contributed by atoms with E-state index in [1.54, 1.807) is 19.2 Å². The van der Waals surface area contributed by atoms with Crippen molar-refractivity contribution in [2.45, 2.75) is 71.6 Å². The highest BCUT2D eigenvalue weighted by molar-refractivity contribution is 14.1. The molecule has 12 heteroatoms. The van der Waals surface area contributed by atoms with Gasteiger partial charge in [-0.15, -0.1) is 0 Å². The summed E-state index contributed by atoms with van der Waals surface area (Å²) in [5.74, 6) is -0.246. The summed E-state index contributed by atoms with van der Waals surface area (Å²) in [7, 11) is 1.35. The van der Waals surface area contributed by atoms with Crippen molar-refractivity contribution < 1.29 is 28.0 Å². The maximum atomic E-state index is 14.2. The first-order valence-corrected chi connectivity index (χ1v) is 15.1. The molecule has 0 bridgehead atoms. The molecule has 0 saturated carbocycles. The van der Waals surface area contributed by atoms with Gasteiger partial charge in [-0.25, -0.2) is 4.39 Å². The Labute approximate surface area is 264 Å². The molecular formula is C31H35BFIN4O5. The molecule has 1 N–H and O–H groups in total. The Bertz CT molecular complexity index is 1630. The molecule has 0 spiro atoms. The van der Waals surface area contributed by atoms with E-state index >= 15 is 0 Å². The van der Waals surface area contributed by atoms with Gasteiger partial charge in [-0.2, -0.15) is 5.10 Å². The molecule has 3 heterocycles. The normalized spacial score (nSPS) is 16.4. The number of aryl methyl sites for hydroxylation is 1. The summed E-state index contributed by atoms with van der Waals surface area (Å²) >= 11 is 1.91. The molecule has 1 atom stereocenters. The molecule has 1 saturated heterocycles. The van der Waals surface area contributed by atoms with Gasteiger partial charge in [-0.1, -0.05) is 24.3 Å². The highest BCUT2D eigenvalue weighted by Crippen LogP contribution is 2.37. The first-order chi connectivity index (χ1) is 20.3. The lowest BCUT2D eigenvalue weighted by Gasteiger charge is -2.32. The van der Waals surface area contributed by atoms with Crippen LogP contribution in [0.5, 0.6) is 5.75 Å². The van der Waals surface area contributed by atoms with Gasteiger partial charge in [0.1, 0.15) is 12.4 Å². The third-order valence-electron chi connectivity index (χ3n) is 7.95. The van der Waals surface area contributed by atoms with Crippen LogP contribution in [0.3, 0.4) is 0 Å². The topological polar surface area (TPSA) is 96.7 Å². The Morgan fingerprint density at radius 1 is 1.16 bits per heavy atom. The zero-order valence-corrected chi connectivity index (χ0v) is 27.3. The van der Waals surface area contributed by atoms with Crippen molar-refractivity contribution in [1.82, 2.24) is 20.1 Å². The number of nitrogens with zero attached hydrogens (tertiary/aromatic N) is 3. The van der Waals surface area contributed by atoms with Crippen molar-refractivity contribution in [2.24, 2.45) is 7.05 Å². The Balaban J connectivity index is 1.26. The van der Waals surface area contributed by atoms with Gasteiger partial charge < -0.3 is 18.8 Å². The number of esters is 1. The number of hydrogen-bond acceptors (Lipinski definition) is 8. The van der Waals surface area contributed by atoms with Gasteiger partial charge in [-0.3, -0.25) is 19.8 Å². The molecule has 4 aromatic rings. The quantitative estimate of drug-likeness (QED) is 0.109. The van der Waals surface area contributed by atoms with Gasteiger partial charge in [0.05, 0.1) is 38.6 Å². The summed E-state index contributed by atoms with van der Waals surface area (Å²) in [6, 6.07) is 13.0. The average molecular weight is 700 g/mol. The predicted molar refractivity (Wildman–Crippen MR) is 170 cm³/mol. The van der Waals surface area contributed by atoms with Gasteiger partial charge in [0.15, 0.2) is 12.0 Å². The number of para-hydroxylation sites is 1. The van der Waals surface area contributed by atoms with Crippen LogP contribution in [0.25, 0.3) is 10.9 Å². The number of ether oxygens (including phenoxy) is 2. The zero-order chi connectivity index (χ0) is 30.9. The van der Waals surface area contributed by atoms with Crippen LogP contribution in [-0.4, -0.2) is 45.3 Å². The number of fused-ring (bicyclic) bond motifs is 1. The van der Waals surface area contributed by atoms with E-state index in [9.17, 15) is 9.18 Å². The molecule has 2 aromatic heterocycles. The molecule has 5 rings (SSSR count). The van der Waals surface area contributed by atoms with Crippen LogP contribution in [0.4, 0.5) is 4.39 Å². The van der Waals surface area contributed by atoms with Gasteiger partial charge in [0, 0.05) is 30.7 Å². The lowest BCUT2D eigenvalue weighted by Crippen LogP contribution is -2.41. The van der Waals surface area contributed by atoms with Crippen LogP contribution in [0.15, 0.2) is 54.9 Å². The van der Waals surface area contributed by atoms with E-state index in [-0.39, 0.29) is 31.1 Å². The van der Waals surface area contributed by atoms with Gasteiger partial charge >= 0.3 is 13.1 Å². The molecule has 0 aliphatic carbocycles. The molecule has 1 aliphatic heterocycles. The van der Waals surface area contributed by atoms with E-state index in [2.05, 4.69) is 15.4 Å². The molecule has 9 nitrogen and oxygen atoms in total. The summed E-state index contributed by atoms with van der Waals surface area (Å²) in [4.78, 5) is 16.8. The second-order valence-corrected chi connectivity index (χ2v) is 12.8.